The molecule has 0 aliphatic carbocycles. The van der Waals surface area contributed by atoms with Gasteiger partial charge in [0.25, 0.3) is 0 Å². The average molecular weight is 166 g/mol. The first kappa shape index (κ1) is 9.30. The van der Waals surface area contributed by atoms with E-state index in [0.717, 1.165) is 6.67 Å². The Morgan fingerprint density at radius 2 is 2.00 bits per heavy atom. The molecule has 12 heavy (non-hydrogen) atoms. The van der Waals surface area contributed by atoms with Gasteiger partial charge in [-0.3, -0.25) is 4.99 Å². The van der Waals surface area contributed by atoms with E-state index in [-0.39, 0.29) is 0 Å². The second-order valence-electron chi connectivity index (χ2n) is 3.84. The van der Waals surface area contributed by atoms with Gasteiger partial charge < -0.3 is 4.90 Å². The Morgan fingerprint density at radius 1 is 1.33 bits per heavy atom. The molecule has 68 valence electrons. The minimum atomic E-state index is 0.552. The summed E-state index contributed by atoms with van der Waals surface area (Å²) < 4.78 is 0. The van der Waals surface area contributed by atoms with Crippen LogP contribution in [0.4, 0.5) is 0 Å². The highest BCUT2D eigenvalue weighted by Gasteiger charge is 2.10. The van der Waals surface area contributed by atoms with Crippen LogP contribution in [0.5, 0.6) is 0 Å². The van der Waals surface area contributed by atoms with Gasteiger partial charge in [-0.05, 0) is 25.3 Å². The summed E-state index contributed by atoms with van der Waals surface area (Å²) in [5.74, 6) is 0.579. The van der Waals surface area contributed by atoms with Crippen LogP contribution >= 0.6 is 0 Å². The highest BCUT2D eigenvalue weighted by molar-refractivity contribution is 5.79. The molecular formula is C10H18N2. The van der Waals surface area contributed by atoms with Gasteiger partial charge in [0.2, 0.25) is 0 Å². The van der Waals surface area contributed by atoms with E-state index >= 15 is 0 Å². The van der Waals surface area contributed by atoms with E-state index in [0.29, 0.717) is 12.0 Å². The van der Waals surface area contributed by atoms with E-state index < -0.39 is 0 Å². The van der Waals surface area contributed by atoms with Crippen LogP contribution < -0.4 is 0 Å². The molecule has 0 amide bonds. The Balaban J connectivity index is 2.69. The zero-order valence-electron chi connectivity index (χ0n) is 8.41. The van der Waals surface area contributed by atoms with Crippen molar-refractivity contribution in [3.8, 4) is 0 Å². The average Bonchev–Trinajstić information content (AvgIpc) is 2.04. The van der Waals surface area contributed by atoms with E-state index in [1.165, 1.54) is 5.57 Å². The van der Waals surface area contributed by atoms with Gasteiger partial charge in [0.05, 0.1) is 0 Å². The first-order chi connectivity index (χ1) is 5.61. The van der Waals surface area contributed by atoms with Gasteiger partial charge in [0.15, 0.2) is 0 Å². The van der Waals surface area contributed by atoms with E-state index in [2.05, 4.69) is 43.8 Å². The summed E-state index contributed by atoms with van der Waals surface area (Å²) in [4.78, 5) is 6.57. The molecule has 1 heterocycles. The number of allylic oxidation sites excluding steroid dienone is 1. The maximum atomic E-state index is 4.32. The molecule has 0 spiro atoms. The highest BCUT2D eigenvalue weighted by Crippen LogP contribution is 2.13. The molecule has 0 unspecified atom stereocenters. The third-order valence-corrected chi connectivity index (χ3v) is 2.13. The van der Waals surface area contributed by atoms with Crippen LogP contribution in [-0.4, -0.2) is 23.8 Å². The minimum Gasteiger partial charge on any atom is -0.356 e. The molecule has 2 nitrogen and oxygen atoms in total. The Morgan fingerprint density at radius 3 is 2.50 bits per heavy atom. The summed E-state index contributed by atoms with van der Waals surface area (Å²) >= 11 is 0. The van der Waals surface area contributed by atoms with Crippen LogP contribution in [0.15, 0.2) is 16.8 Å². The van der Waals surface area contributed by atoms with Crippen molar-refractivity contribution in [3.05, 3.63) is 11.8 Å². The lowest BCUT2D eigenvalue weighted by Crippen LogP contribution is -2.29. The summed E-state index contributed by atoms with van der Waals surface area (Å²) in [6.07, 6.45) is 4.21. The van der Waals surface area contributed by atoms with Gasteiger partial charge >= 0.3 is 0 Å². The monoisotopic (exact) mass is 166 g/mol. The van der Waals surface area contributed by atoms with Gasteiger partial charge in [-0.15, -0.1) is 0 Å². The van der Waals surface area contributed by atoms with Crippen molar-refractivity contribution in [1.29, 1.82) is 0 Å². The molecule has 0 aromatic carbocycles. The molecule has 0 atom stereocenters. The molecule has 1 aliphatic heterocycles. The van der Waals surface area contributed by atoms with Crippen LogP contribution in [0.25, 0.3) is 0 Å². The SMILES string of the molecule is CC(C)C1=CN(C(C)C)CN=C1. The molecule has 1 rings (SSSR count). The van der Waals surface area contributed by atoms with Crippen molar-refractivity contribution < 1.29 is 0 Å². The van der Waals surface area contributed by atoms with Crippen molar-refractivity contribution in [2.75, 3.05) is 6.67 Å². The Hall–Kier alpha value is -0.790. The van der Waals surface area contributed by atoms with Crippen molar-refractivity contribution >= 4 is 6.21 Å². The fraction of sp³-hybridized carbons (Fsp3) is 0.700. The number of rotatable bonds is 2. The van der Waals surface area contributed by atoms with Crippen molar-refractivity contribution in [3.63, 3.8) is 0 Å². The van der Waals surface area contributed by atoms with E-state index in [4.69, 9.17) is 0 Å². The Kier molecular flexibility index (Phi) is 2.90. The second kappa shape index (κ2) is 3.74. The summed E-state index contributed by atoms with van der Waals surface area (Å²) in [5, 5.41) is 0. The topological polar surface area (TPSA) is 15.6 Å². The van der Waals surface area contributed by atoms with E-state index in [1.807, 2.05) is 6.21 Å². The molecule has 0 radical (unpaired) electrons. The molecule has 0 saturated carbocycles. The third kappa shape index (κ3) is 2.10. The largest absolute Gasteiger partial charge is 0.356 e. The summed E-state index contributed by atoms with van der Waals surface area (Å²) in [5.41, 5.74) is 1.33. The lowest BCUT2D eigenvalue weighted by Gasteiger charge is -2.27. The minimum absolute atomic E-state index is 0.552. The third-order valence-electron chi connectivity index (χ3n) is 2.13. The molecule has 0 fully saturated rings. The zero-order chi connectivity index (χ0) is 9.14. The van der Waals surface area contributed by atoms with Gasteiger partial charge in [0.1, 0.15) is 6.67 Å². The maximum Gasteiger partial charge on any atom is 0.110 e. The number of aliphatic imine (C=N–C) groups is 1. The van der Waals surface area contributed by atoms with Crippen molar-refractivity contribution in [2.24, 2.45) is 10.9 Å². The van der Waals surface area contributed by atoms with Gasteiger partial charge in [0, 0.05) is 18.5 Å². The number of hydrogen-bond donors (Lipinski definition) is 0. The molecule has 1 aliphatic rings. The Labute approximate surface area is 75.0 Å². The fourth-order valence-corrected chi connectivity index (χ4v) is 1.12. The van der Waals surface area contributed by atoms with Crippen LogP contribution in [0.2, 0.25) is 0 Å². The summed E-state index contributed by atoms with van der Waals surface area (Å²) in [6, 6.07) is 0.552. The summed E-state index contributed by atoms with van der Waals surface area (Å²) in [6.45, 7) is 9.59. The van der Waals surface area contributed by atoms with Gasteiger partial charge in [-0.25, -0.2) is 0 Å². The smallest absolute Gasteiger partial charge is 0.110 e. The second-order valence-corrected chi connectivity index (χ2v) is 3.84. The van der Waals surface area contributed by atoms with Crippen molar-refractivity contribution in [2.45, 2.75) is 33.7 Å². The molecule has 0 aromatic rings. The van der Waals surface area contributed by atoms with Crippen molar-refractivity contribution in [1.82, 2.24) is 4.90 Å². The van der Waals surface area contributed by atoms with Crippen LogP contribution in [-0.2, 0) is 0 Å². The van der Waals surface area contributed by atoms with E-state index in [9.17, 15) is 0 Å². The molecule has 0 saturated heterocycles. The lowest BCUT2D eigenvalue weighted by atomic mass is 10.0. The maximum absolute atomic E-state index is 4.32. The van der Waals surface area contributed by atoms with Gasteiger partial charge in [-0.2, -0.15) is 0 Å². The standard InChI is InChI=1S/C10H18N2/c1-8(2)10-5-11-7-12(6-10)9(3)4/h5-6,8-9H,7H2,1-4H3. The molecule has 2 heteroatoms. The fourth-order valence-electron chi connectivity index (χ4n) is 1.12. The summed E-state index contributed by atoms with van der Waals surface area (Å²) in [7, 11) is 0. The highest BCUT2D eigenvalue weighted by atomic mass is 15.2. The predicted octanol–water partition coefficient (Wildman–Crippen LogP) is 2.28. The lowest BCUT2D eigenvalue weighted by molar-refractivity contribution is 0.314. The first-order valence-corrected chi connectivity index (χ1v) is 4.58. The van der Waals surface area contributed by atoms with E-state index in [1.54, 1.807) is 0 Å². The van der Waals surface area contributed by atoms with Crippen LogP contribution in [0.1, 0.15) is 27.7 Å². The number of hydrogen-bond acceptors (Lipinski definition) is 2. The molecule has 0 bridgehead atoms. The number of nitrogens with zero attached hydrogens (tertiary/aromatic N) is 2. The molecular weight excluding hydrogens is 148 g/mol. The Bertz CT molecular complexity index is 202. The molecule has 0 aromatic heterocycles. The zero-order valence-corrected chi connectivity index (χ0v) is 8.41. The van der Waals surface area contributed by atoms with Crippen LogP contribution in [0.3, 0.4) is 0 Å². The molecule has 0 N–H and O–H groups in total. The normalized spacial score (nSPS) is 17.5. The first-order valence-electron chi connectivity index (χ1n) is 4.58. The van der Waals surface area contributed by atoms with Crippen LogP contribution in [0, 0.1) is 5.92 Å². The predicted molar refractivity (Wildman–Crippen MR) is 53.3 cm³/mol. The quantitative estimate of drug-likeness (QED) is 0.614. The van der Waals surface area contributed by atoms with Gasteiger partial charge in [-0.1, -0.05) is 13.8 Å².